The van der Waals surface area contributed by atoms with Crippen LogP contribution < -0.4 is 10.1 Å². The van der Waals surface area contributed by atoms with Crippen LogP contribution in [-0.4, -0.2) is 44.3 Å². The number of likely N-dealkylation sites (tertiary alicyclic amines) is 1. The van der Waals surface area contributed by atoms with Crippen LogP contribution in [0.1, 0.15) is 25.1 Å². The number of carbonyl (C=O) groups excluding carboxylic acids is 1. The highest BCUT2D eigenvalue weighted by molar-refractivity contribution is 7.15. The lowest BCUT2D eigenvalue weighted by Gasteiger charge is -2.19. The SMILES string of the molecule is CC(=O)Nc1ncc(CN2CC(Oc3ccc4nn(C)cc4c3)CC2C)s1. The predicted molar refractivity (Wildman–Crippen MR) is 106 cm³/mol. The summed E-state index contributed by atoms with van der Waals surface area (Å²) in [6.07, 6.45) is 4.99. The Morgan fingerprint density at radius 3 is 3.11 bits per heavy atom. The number of nitrogens with zero attached hydrogens (tertiary/aromatic N) is 4. The van der Waals surface area contributed by atoms with E-state index >= 15 is 0 Å². The predicted octanol–water partition coefficient (Wildman–Crippen LogP) is 3.03. The number of carbonyl (C=O) groups is 1. The van der Waals surface area contributed by atoms with Gasteiger partial charge in [-0.2, -0.15) is 5.10 Å². The number of aromatic nitrogens is 3. The second kappa shape index (κ2) is 7.28. The zero-order valence-electron chi connectivity index (χ0n) is 15.7. The van der Waals surface area contributed by atoms with E-state index in [1.165, 1.54) is 18.3 Å². The molecule has 8 heteroatoms. The highest BCUT2D eigenvalue weighted by Crippen LogP contribution is 2.28. The van der Waals surface area contributed by atoms with Crippen molar-refractivity contribution in [2.45, 2.75) is 39.0 Å². The molecule has 0 bridgehead atoms. The van der Waals surface area contributed by atoms with E-state index in [2.05, 4.69) is 33.3 Å². The third-order valence-corrected chi connectivity index (χ3v) is 5.65. The van der Waals surface area contributed by atoms with Crippen LogP contribution >= 0.6 is 11.3 Å². The van der Waals surface area contributed by atoms with Crippen LogP contribution in [0.25, 0.3) is 10.9 Å². The molecule has 0 spiro atoms. The second-order valence-electron chi connectivity index (χ2n) is 7.09. The van der Waals surface area contributed by atoms with Crippen LogP contribution in [0.4, 0.5) is 5.13 Å². The van der Waals surface area contributed by atoms with Crippen molar-refractivity contribution < 1.29 is 9.53 Å². The minimum absolute atomic E-state index is 0.0931. The summed E-state index contributed by atoms with van der Waals surface area (Å²) in [4.78, 5) is 18.9. The average molecular weight is 385 g/mol. The van der Waals surface area contributed by atoms with Gasteiger partial charge in [-0.25, -0.2) is 4.98 Å². The first-order valence-electron chi connectivity index (χ1n) is 9.02. The summed E-state index contributed by atoms with van der Waals surface area (Å²) in [5.74, 6) is 0.796. The molecule has 1 aromatic carbocycles. The Morgan fingerprint density at radius 1 is 1.44 bits per heavy atom. The monoisotopic (exact) mass is 385 g/mol. The van der Waals surface area contributed by atoms with Gasteiger partial charge in [0.1, 0.15) is 11.9 Å². The lowest BCUT2D eigenvalue weighted by Crippen LogP contribution is -2.27. The van der Waals surface area contributed by atoms with Crippen molar-refractivity contribution >= 4 is 33.3 Å². The summed E-state index contributed by atoms with van der Waals surface area (Å²) in [6, 6.07) is 6.48. The van der Waals surface area contributed by atoms with E-state index in [1.54, 1.807) is 0 Å². The van der Waals surface area contributed by atoms with Gasteiger partial charge in [0.2, 0.25) is 5.91 Å². The van der Waals surface area contributed by atoms with Gasteiger partial charge in [-0.3, -0.25) is 14.4 Å². The molecular weight excluding hydrogens is 362 g/mol. The van der Waals surface area contributed by atoms with Crippen molar-refractivity contribution in [3.63, 3.8) is 0 Å². The van der Waals surface area contributed by atoms with Gasteiger partial charge in [0.25, 0.3) is 0 Å². The van der Waals surface area contributed by atoms with E-state index in [9.17, 15) is 4.79 Å². The fraction of sp³-hybridized carbons (Fsp3) is 0.421. The topological polar surface area (TPSA) is 72.3 Å². The number of hydrogen-bond donors (Lipinski definition) is 1. The molecule has 0 radical (unpaired) electrons. The maximum absolute atomic E-state index is 11.1. The molecule has 1 aliphatic rings. The number of nitrogens with one attached hydrogen (secondary N) is 1. The summed E-state index contributed by atoms with van der Waals surface area (Å²) in [6.45, 7) is 5.41. The molecule has 4 rings (SSSR count). The number of ether oxygens (including phenoxy) is 1. The molecule has 2 aromatic heterocycles. The molecule has 2 atom stereocenters. The van der Waals surface area contributed by atoms with E-state index in [4.69, 9.17) is 4.74 Å². The van der Waals surface area contributed by atoms with Gasteiger partial charge < -0.3 is 10.1 Å². The van der Waals surface area contributed by atoms with Crippen LogP contribution in [0, 0.1) is 0 Å². The van der Waals surface area contributed by atoms with E-state index < -0.39 is 0 Å². The van der Waals surface area contributed by atoms with Crippen molar-refractivity contribution in [2.75, 3.05) is 11.9 Å². The summed E-state index contributed by atoms with van der Waals surface area (Å²) in [5.41, 5.74) is 0.978. The number of amides is 1. The molecule has 1 aliphatic heterocycles. The minimum atomic E-state index is -0.0931. The number of benzene rings is 1. The smallest absolute Gasteiger partial charge is 0.223 e. The minimum Gasteiger partial charge on any atom is -0.489 e. The zero-order valence-corrected chi connectivity index (χ0v) is 16.5. The largest absolute Gasteiger partial charge is 0.489 e. The summed E-state index contributed by atoms with van der Waals surface area (Å²) < 4.78 is 8.06. The number of fused-ring (bicyclic) bond motifs is 1. The van der Waals surface area contributed by atoms with Gasteiger partial charge in [0.05, 0.1) is 5.52 Å². The van der Waals surface area contributed by atoms with Crippen molar-refractivity contribution in [1.82, 2.24) is 19.7 Å². The molecule has 2 unspecified atom stereocenters. The molecule has 3 aromatic rings. The lowest BCUT2D eigenvalue weighted by molar-refractivity contribution is -0.114. The Balaban J connectivity index is 1.38. The van der Waals surface area contributed by atoms with E-state index in [1.807, 2.05) is 36.3 Å². The molecule has 1 N–H and O–H groups in total. The zero-order chi connectivity index (χ0) is 19.0. The highest BCUT2D eigenvalue weighted by Gasteiger charge is 2.30. The highest BCUT2D eigenvalue weighted by atomic mass is 32.1. The quantitative estimate of drug-likeness (QED) is 0.731. The molecule has 7 nitrogen and oxygen atoms in total. The molecular formula is C19H23N5O2S. The third-order valence-electron chi connectivity index (χ3n) is 4.75. The van der Waals surface area contributed by atoms with Crippen molar-refractivity contribution in [2.24, 2.45) is 7.05 Å². The fourth-order valence-corrected chi connectivity index (χ4v) is 4.42. The number of anilines is 1. The van der Waals surface area contributed by atoms with Crippen LogP contribution in [0.5, 0.6) is 5.75 Å². The summed E-state index contributed by atoms with van der Waals surface area (Å²) in [5, 5.41) is 8.88. The summed E-state index contributed by atoms with van der Waals surface area (Å²) in [7, 11) is 1.92. The lowest BCUT2D eigenvalue weighted by atomic mass is 10.2. The fourth-order valence-electron chi connectivity index (χ4n) is 3.53. The van der Waals surface area contributed by atoms with E-state index in [0.29, 0.717) is 11.2 Å². The first-order valence-corrected chi connectivity index (χ1v) is 9.84. The summed E-state index contributed by atoms with van der Waals surface area (Å²) >= 11 is 1.52. The van der Waals surface area contributed by atoms with Crippen molar-refractivity contribution in [3.8, 4) is 5.75 Å². The number of aryl methyl sites for hydroxylation is 1. The number of thiazole rings is 1. The van der Waals surface area contributed by atoms with E-state index in [0.717, 1.165) is 41.0 Å². The van der Waals surface area contributed by atoms with Crippen LogP contribution in [-0.2, 0) is 18.4 Å². The molecule has 1 fully saturated rings. The van der Waals surface area contributed by atoms with Gasteiger partial charge in [0.15, 0.2) is 5.13 Å². The van der Waals surface area contributed by atoms with Crippen LogP contribution in [0.15, 0.2) is 30.6 Å². The standard InChI is InChI=1S/C19H23N5O2S/c1-12-6-16(26-15-4-5-18-14(7-15)9-23(3)22-18)10-24(12)11-17-8-20-19(27-17)21-13(2)25/h4-5,7-9,12,16H,6,10-11H2,1-3H3,(H,20,21,25). The molecule has 0 aliphatic carbocycles. The Kier molecular flexibility index (Phi) is 4.84. The normalized spacial score (nSPS) is 20.3. The van der Waals surface area contributed by atoms with Gasteiger partial charge in [-0.15, -0.1) is 11.3 Å². The first-order chi connectivity index (χ1) is 13.0. The van der Waals surface area contributed by atoms with Crippen LogP contribution in [0.2, 0.25) is 0 Å². The second-order valence-corrected chi connectivity index (χ2v) is 8.21. The Hall–Kier alpha value is -2.45. The van der Waals surface area contributed by atoms with Crippen LogP contribution in [0.3, 0.4) is 0 Å². The van der Waals surface area contributed by atoms with Gasteiger partial charge >= 0.3 is 0 Å². The Bertz CT molecular complexity index is 966. The van der Waals surface area contributed by atoms with Crippen molar-refractivity contribution in [1.29, 1.82) is 0 Å². The molecule has 1 amide bonds. The van der Waals surface area contributed by atoms with E-state index in [-0.39, 0.29) is 12.0 Å². The third kappa shape index (κ3) is 4.12. The Morgan fingerprint density at radius 2 is 2.30 bits per heavy atom. The number of hydrogen-bond acceptors (Lipinski definition) is 6. The molecule has 142 valence electrons. The van der Waals surface area contributed by atoms with Gasteiger partial charge in [-0.1, -0.05) is 0 Å². The average Bonchev–Trinajstić information content (AvgIpc) is 3.26. The molecule has 3 heterocycles. The molecule has 27 heavy (non-hydrogen) atoms. The van der Waals surface area contributed by atoms with Gasteiger partial charge in [0, 0.05) is 62.2 Å². The maximum atomic E-state index is 11.1. The van der Waals surface area contributed by atoms with Gasteiger partial charge in [-0.05, 0) is 25.1 Å². The number of rotatable bonds is 5. The maximum Gasteiger partial charge on any atom is 0.223 e. The van der Waals surface area contributed by atoms with Crippen molar-refractivity contribution in [3.05, 3.63) is 35.5 Å². The Labute approximate surface area is 162 Å². The molecule has 0 saturated carbocycles. The molecule has 1 saturated heterocycles. The first kappa shape index (κ1) is 17.9.